The Morgan fingerprint density at radius 1 is 1.17 bits per heavy atom. The fourth-order valence-electron chi connectivity index (χ4n) is 3.48. The van der Waals surface area contributed by atoms with Crippen molar-refractivity contribution in [2.24, 2.45) is 5.92 Å². The van der Waals surface area contributed by atoms with Gasteiger partial charge in [-0.1, -0.05) is 0 Å². The molecule has 0 bridgehead atoms. The Labute approximate surface area is 136 Å². The highest BCUT2D eigenvalue weighted by atomic mass is 16.5. The summed E-state index contributed by atoms with van der Waals surface area (Å²) in [4.78, 5) is 16.9. The quantitative estimate of drug-likeness (QED) is 0.808. The van der Waals surface area contributed by atoms with Crippen LogP contribution in [0.5, 0.6) is 0 Å². The highest BCUT2D eigenvalue weighted by molar-refractivity contribution is 5.80. The normalized spacial score (nSPS) is 28.2. The van der Waals surface area contributed by atoms with Crippen LogP contribution in [0.3, 0.4) is 0 Å². The predicted octanol–water partition coefficient (Wildman–Crippen LogP) is 0.565. The van der Waals surface area contributed by atoms with Crippen molar-refractivity contribution < 1.29 is 14.3 Å². The van der Waals surface area contributed by atoms with Gasteiger partial charge in [0.2, 0.25) is 5.91 Å². The lowest BCUT2D eigenvalue weighted by Gasteiger charge is -2.38. The van der Waals surface area contributed by atoms with Crippen molar-refractivity contribution in [1.29, 1.82) is 0 Å². The van der Waals surface area contributed by atoms with Crippen LogP contribution in [0.25, 0.3) is 0 Å². The minimum absolute atomic E-state index is 0.0219. The number of anilines is 1. The van der Waals surface area contributed by atoms with Crippen LogP contribution in [0.15, 0.2) is 18.3 Å². The van der Waals surface area contributed by atoms with Gasteiger partial charge in [-0.05, 0) is 25.0 Å². The van der Waals surface area contributed by atoms with E-state index in [4.69, 9.17) is 9.47 Å². The predicted molar refractivity (Wildman–Crippen MR) is 85.1 cm³/mol. The summed E-state index contributed by atoms with van der Waals surface area (Å²) in [6.45, 7) is 2.89. The van der Waals surface area contributed by atoms with Crippen molar-refractivity contribution in [3.8, 4) is 0 Å². The lowest BCUT2D eigenvalue weighted by molar-refractivity contribution is -0.144. The first-order chi connectivity index (χ1) is 11.2. The van der Waals surface area contributed by atoms with Crippen LogP contribution in [0.2, 0.25) is 0 Å². The fraction of sp³-hybridized carbons (Fsp3) is 0.688. The Kier molecular flexibility index (Phi) is 5.07. The highest BCUT2D eigenvalue weighted by Gasteiger charge is 2.37. The third kappa shape index (κ3) is 3.45. The third-order valence-corrected chi connectivity index (χ3v) is 4.84. The largest absolute Gasteiger partial charge is 0.379 e. The highest BCUT2D eigenvalue weighted by Crippen LogP contribution is 2.25. The van der Waals surface area contributed by atoms with Crippen molar-refractivity contribution in [3.63, 3.8) is 0 Å². The van der Waals surface area contributed by atoms with Crippen LogP contribution in [-0.2, 0) is 14.3 Å². The number of rotatable bonds is 4. The molecule has 2 saturated heterocycles. The van der Waals surface area contributed by atoms with Crippen LogP contribution >= 0.6 is 0 Å². The van der Waals surface area contributed by atoms with E-state index in [0.717, 1.165) is 31.7 Å². The van der Waals surface area contributed by atoms with Gasteiger partial charge in [0, 0.05) is 46.6 Å². The molecule has 1 amide bonds. The zero-order valence-corrected chi connectivity index (χ0v) is 13.7. The summed E-state index contributed by atoms with van der Waals surface area (Å²) in [6, 6.07) is 3.81. The topological polar surface area (TPSA) is 67.8 Å². The van der Waals surface area contributed by atoms with Crippen LogP contribution in [0.1, 0.15) is 12.8 Å². The summed E-state index contributed by atoms with van der Waals surface area (Å²) >= 11 is 0. The number of aromatic nitrogens is 2. The van der Waals surface area contributed by atoms with Crippen molar-refractivity contribution in [2.45, 2.75) is 25.0 Å². The maximum absolute atomic E-state index is 12.8. The van der Waals surface area contributed by atoms with Gasteiger partial charge in [-0.25, -0.2) is 0 Å². The molecule has 0 aromatic carbocycles. The van der Waals surface area contributed by atoms with E-state index in [1.807, 2.05) is 17.0 Å². The summed E-state index contributed by atoms with van der Waals surface area (Å²) in [5.41, 5.74) is 0. The lowest BCUT2D eigenvalue weighted by atomic mass is 10.0. The van der Waals surface area contributed by atoms with Crippen molar-refractivity contribution >= 4 is 11.7 Å². The van der Waals surface area contributed by atoms with E-state index in [9.17, 15) is 4.79 Å². The average Bonchev–Trinajstić information content (AvgIpc) is 3.11. The number of hydrogen-bond acceptors (Lipinski definition) is 6. The molecule has 7 heteroatoms. The molecule has 0 N–H and O–H groups in total. The molecule has 23 heavy (non-hydrogen) atoms. The Hall–Kier alpha value is -1.73. The maximum atomic E-state index is 12.8. The van der Waals surface area contributed by atoms with E-state index >= 15 is 0 Å². The number of methoxy groups -OCH3 is 2. The molecule has 3 unspecified atom stereocenters. The molecule has 2 aliphatic heterocycles. The van der Waals surface area contributed by atoms with Gasteiger partial charge >= 0.3 is 0 Å². The van der Waals surface area contributed by atoms with Gasteiger partial charge in [0.25, 0.3) is 0 Å². The van der Waals surface area contributed by atoms with Crippen molar-refractivity contribution in [1.82, 2.24) is 15.1 Å². The van der Waals surface area contributed by atoms with Gasteiger partial charge in [-0.3, -0.25) is 4.79 Å². The monoisotopic (exact) mass is 320 g/mol. The molecular formula is C16H24N4O3. The van der Waals surface area contributed by atoms with Crippen LogP contribution in [0, 0.1) is 5.92 Å². The van der Waals surface area contributed by atoms with E-state index < -0.39 is 0 Å². The number of nitrogens with zero attached hydrogens (tertiary/aromatic N) is 4. The second-order valence-corrected chi connectivity index (χ2v) is 6.13. The molecule has 3 heterocycles. The van der Waals surface area contributed by atoms with Gasteiger partial charge in [-0.2, -0.15) is 5.10 Å². The fourth-order valence-corrected chi connectivity index (χ4v) is 3.48. The molecule has 0 spiro atoms. The first kappa shape index (κ1) is 16.1. The number of hydrogen-bond donors (Lipinski definition) is 0. The number of carbonyl (C=O) groups excluding carboxylic acids is 1. The molecule has 126 valence electrons. The molecule has 1 aromatic rings. The van der Waals surface area contributed by atoms with Crippen LogP contribution in [-0.4, -0.2) is 73.6 Å². The van der Waals surface area contributed by atoms with Crippen LogP contribution in [0.4, 0.5) is 5.82 Å². The standard InChI is InChI=1S/C16H24N4O3/c1-22-13-6-9-20(11-14(13)23-2)16(21)12-5-8-19(10-12)15-4-3-7-17-18-15/h3-4,7,12-14H,5-6,8-11H2,1-2H3. The van der Waals surface area contributed by atoms with Crippen LogP contribution < -0.4 is 4.90 Å². The molecule has 2 aliphatic rings. The molecule has 7 nitrogen and oxygen atoms in total. The Balaban J connectivity index is 1.59. The minimum Gasteiger partial charge on any atom is -0.379 e. The summed E-state index contributed by atoms with van der Waals surface area (Å²) in [5, 5.41) is 8.04. The first-order valence-corrected chi connectivity index (χ1v) is 8.10. The smallest absolute Gasteiger partial charge is 0.227 e. The second kappa shape index (κ2) is 7.23. The zero-order chi connectivity index (χ0) is 16.2. The van der Waals surface area contributed by atoms with E-state index in [2.05, 4.69) is 15.1 Å². The number of piperidine rings is 1. The SMILES string of the molecule is COC1CCN(C(=O)C2CCN(c3cccnn3)C2)CC1OC. The van der Waals surface area contributed by atoms with Gasteiger partial charge < -0.3 is 19.3 Å². The van der Waals surface area contributed by atoms with Crippen molar-refractivity contribution in [3.05, 3.63) is 18.3 Å². The molecule has 1 aromatic heterocycles. The Morgan fingerprint density at radius 2 is 2.00 bits per heavy atom. The van der Waals surface area contributed by atoms with Gasteiger partial charge in [0.05, 0.1) is 12.0 Å². The third-order valence-electron chi connectivity index (χ3n) is 4.84. The minimum atomic E-state index is -0.0461. The number of carbonyl (C=O) groups is 1. The van der Waals surface area contributed by atoms with Gasteiger partial charge in [-0.15, -0.1) is 5.10 Å². The summed E-state index contributed by atoms with van der Waals surface area (Å²) in [6.07, 6.45) is 3.37. The van der Waals surface area contributed by atoms with E-state index in [-0.39, 0.29) is 24.0 Å². The Bertz CT molecular complexity index is 527. The molecule has 2 fully saturated rings. The number of amides is 1. The van der Waals surface area contributed by atoms with Gasteiger partial charge in [0.15, 0.2) is 5.82 Å². The zero-order valence-electron chi connectivity index (χ0n) is 13.7. The van der Waals surface area contributed by atoms with E-state index in [0.29, 0.717) is 13.1 Å². The van der Waals surface area contributed by atoms with Gasteiger partial charge in [0.1, 0.15) is 6.10 Å². The molecule has 0 aliphatic carbocycles. The van der Waals surface area contributed by atoms with Crippen molar-refractivity contribution in [2.75, 3.05) is 45.3 Å². The number of likely N-dealkylation sites (tertiary alicyclic amines) is 1. The molecule has 3 rings (SSSR count). The lowest BCUT2D eigenvalue weighted by Crippen LogP contribution is -2.52. The van der Waals surface area contributed by atoms with E-state index in [1.165, 1.54) is 0 Å². The van der Waals surface area contributed by atoms with E-state index in [1.54, 1.807) is 20.4 Å². The molecule has 0 saturated carbocycles. The Morgan fingerprint density at radius 3 is 2.70 bits per heavy atom. The number of ether oxygens (including phenoxy) is 2. The second-order valence-electron chi connectivity index (χ2n) is 6.13. The molecule has 3 atom stereocenters. The average molecular weight is 320 g/mol. The summed E-state index contributed by atoms with van der Waals surface area (Å²) < 4.78 is 10.9. The summed E-state index contributed by atoms with van der Waals surface area (Å²) in [7, 11) is 3.37. The summed E-state index contributed by atoms with van der Waals surface area (Å²) in [5.74, 6) is 1.08. The molecular weight excluding hydrogens is 296 g/mol. The maximum Gasteiger partial charge on any atom is 0.227 e. The first-order valence-electron chi connectivity index (χ1n) is 8.10. The molecule has 0 radical (unpaired) electrons.